The summed E-state index contributed by atoms with van der Waals surface area (Å²) in [6.07, 6.45) is 2.53. The molecule has 0 spiro atoms. The van der Waals surface area contributed by atoms with E-state index in [1.165, 1.54) is 12.8 Å². The second-order valence-electron chi connectivity index (χ2n) is 3.24. The Morgan fingerprint density at radius 2 is 2.40 bits per heavy atom. The van der Waals surface area contributed by atoms with Crippen LogP contribution in [0.5, 0.6) is 0 Å². The highest BCUT2D eigenvalue weighted by Gasteiger charge is 2.43. The molecule has 1 aliphatic rings. The third-order valence-electron chi connectivity index (χ3n) is 2.78. The molecule has 0 aromatic carbocycles. The molecule has 0 aliphatic heterocycles. The molecule has 0 saturated heterocycles. The Balaban J connectivity index is 2.43. The van der Waals surface area contributed by atoms with Crippen LogP contribution in [0, 0.1) is 5.92 Å². The van der Waals surface area contributed by atoms with E-state index < -0.39 is 0 Å². The number of likely N-dealkylation sites (N-methyl/N-ethyl adjacent to an activating group) is 1. The predicted molar refractivity (Wildman–Crippen MR) is 42.1 cm³/mol. The lowest BCUT2D eigenvalue weighted by atomic mass is 9.70. The molecule has 0 aromatic rings. The molecule has 0 amide bonds. The Morgan fingerprint density at radius 3 is 2.50 bits per heavy atom. The summed E-state index contributed by atoms with van der Waals surface area (Å²) < 4.78 is 5.46. The molecule has 10 heavy (non-hydrogen) atoms. The van der Waals surface area contributed by atoms with Crippen LogP contribution in [0.3, 0.4) is 0 Å². The average Bonchev–Trinajstić information content (AvgIpc) is 1.97. The summed E-state index contributed by atoms with van der Waals surface area (Å²) >= 11 is 0. The van der Waals surface area contributed by atoms with Gasteiger partial charge in [-0.25, -0.2) is 0 Å². The molecule has 1 fully saturated rings. The van der Waals surface area contributed by atoms with Crippen molar-refractivity contribution in [3.8, 4) is 0 Å². The summed E-state index contributed by atoms with van der Waals surface area (Å²) in [5, 5.41) is 3.17. The van der Waals surface area contributed by atoms with Gasteiger partial charge in [0.25, 0.3) is 0 Å². The molecular weight excluding hydrogens is 126 g/mol. The summed E-state index contributed by atoms with van der Waals surface area (Å²) in [4.78, 5) is 0. The van der Waals surface area contributed by atoms with Crippen LogP contribution in [0.15, 0.2) is 0 Å². The van der Waals surface area contributed by atoms with E-state index in [2.05, 4.69) is 12.2 Å². The second kappa shape index (κ2) is 2.89. The summed E-state index contributed by atoms with van der Waals surface area (Å²) in [6, 6.07) is 0. The highest BCUT2D eigenvalue weighted by atomic mass is 16.5. The van der Waals surface area contributed by atoms with Gasteiger partial charge in [0.1, 0.15) is 0 Å². The summed E-state index contributed by atoms with van der Waals surface area (Å²) in [5.74, 6) is 0.727. The first-order valence-electron chi connectivity index (χ1n) is 3.95. The largest absolute Gasteiger partial charge is 0.377 e. The number of ether oxygens (including phenoxy) is 1. The maximum atomic E-state index is 5.46. The normalized spacial score (nSPS) is 39.3. The highest BCUT2D eigenvalue weighted by molar-refractivity contribution is 4.96. The minimum absolute atomic E-state index is 0.161. The van der Waals surface area contributed by atoms with Gasteiger partial charge in [-0.05, 0) is 25.8 Å². The first kappa shape index (κ1) is 8.02. The van der Waals surface area contributed by atoms with Crippen molar-refractivity contribution in [1.82, 2.24) is 5.32 Å². The highest BCUT2D eigenvalue weighted by Crippen LogP contribution is 2.40. The predicted octanol–water partition coefficient (Wildman–Crippen LogP) is 1.02. The minimum Gasteiger partial charge on any atom is -0.377 e. The van der Waals surface area contributed by atoms with Crippen LogP contribution in [0.2, 0.25) is 0 Å². The van der Waals surface area contributed by atoms with E-state index in [4.69, 9.17) is 4.74 Å². The van der Waals surface area contributed by atoms with Gasteiger partial charge in [0, 0.05) is 13.7 Å². The zero-order valence-electron chi connectivity index (χ0n) is 7.11. The Hall–Kier alpha value is -0.0800. The molecule has 0 heterocycles. The average molecular weight is 143 g/mol. The summed E-state index contributed by atoms with van der Waals surface area (Å²) in [7, 11) is 3.79. The van der Waals surface area contributed by atoms with E-state index in [1.807, 2.05) is 14.2 Å². The monoisotopic (exact) mass is 143 g/mol. The standard InChI is InChI=1S/C8H17NO/c1-7-4-5-8(7,10-3)6-9-2/h7,9H,4-6H2,1-3H3. The maximum Gasteiger partial charge on any atom is 0.0827 e. The molecule has 0 aromatic heterocycles. The zero-order valence-corrected chi connectivity index (χ0v) is 7.11. The van der Waals surface area contributed by atoms with Crippen molar-refractivity contribution in [2.45, 2.75) is 25.4 Å². The first-order valence-corrected chi connectivity index (χ1v) is 3.95. The molecule has 2 nitrogen and oxygen atoms in total. The molecule has 60 valence electrons. The van der Waals surface area contributed by atoms with Crippen molar-refractivity contribution < 1.29 is 4.74 Å². The number of rotatable bonds is 3. The molecule has 1 rings (SSSR count). The van der Waals surface area contributed by atoms with Gasteiger partial charge in [-0.2, -0.15) is 0 Å². The lowest BCUT2D eigenvalue weighted by Gasteiger charge is -2.46. The smallest absolute Gasteiger partial charge is 0.0827 e. The van der Waals surface area contributed by atoms with E-state index >= 15 is 0 Å². The van der Waals surface area contributed by atoms with E-state index in [9.17, 15) is 0 Å². The minimum atomic E-state index is 0.161. The van der Waals surface area contributed by atoms with E-state index in [-0.39, 0.29) is 5.60 Å². The third-order valence-corrected chi connectivity index (χ3v) is 2.78. The van der Waals surface area contributed by atoms with Crippen LogP contribution in [0.4, 0.5) is 0 Å². The number of hydrogen-bond acceptors (Lipinski definition) is 2. The van der Waals surface area contributed by atoms with E-state index in [0.29, 0.717) is 0 Å². The first-order chi connectivity index (χ1) is 4.75. The number of nitrogens with one attached hydrogen (secondary N) is 1. The summed E-state index contributed by atoms with van der Waals surface area (Å²) in [6.45, 7) is 3.25. The lowest BCUT2D eigenvalue weighted by molar-refractivity contribution is -0.113. The fourth-order valence-corrected chi connectivity index (χ4v) is 1.69. The van der Waals surface area contributed by atoms with Gasteiger partial charge in [-0.1, -0.05) is 6.92 Å². The van der Waals surface area contributed by atoms with Crippen LogP contribution in [0.1, 0.15) is 19.8 Å². The Bertz CT molecular complexity index is 112. The van der Waals surface area contributed by atoms with Gasteiger partial charge in [0.2, 0.25) is 0 Å². The van der Waals surface area contributed by atoms with Gasteiger partial charge < -0.3 is 10.1 Å². The third kappa shape index (κ3) is 1.06. The van der Waals surface area contributed by atoms with Crippen molar-refractivity contribution in [2.24, 2.45) is 5.92 Å². The number of methoxy groups -OCH3 is 1. The summed E-state index contributed by atoms with van der Waals surface area (Å²) in [5.41, 5.74) is 0.161. The quantitative estimate of drug-likeness (QED) is 0.637. The fourth-order valence-electron chi connectivity index (χ4n) is 1.69. The Labute approximate surface area is 63.0 Å². The second-order valence-corrected chi connectivity index (χ2v) is 3.24. The van der Waals surface area contributed by atoms with Crippen molar-refractivity contribution in [3.05, 3.63) is 0 Å². The molecule has 1 saturated carbocycles. The molecule has 0 bridgehead atoms. The van der Waals surface area contributed by atoms with Crippen LogP contribution >= 0.6 is 0 Å². The van der Waals surface area contributed by atoms with Gasteiger partial charge >= 0.3 is 0 Å². The van der Waals surface area contributed by atoms with Crippen LogP contribution in [-0.4, -0.2) is 26.3 Å². The van der Waals surface area contributed by atoms with Gasteiger partial charge in [0.15, 0.2) is 0 Å². The van der Waals surface area contributed by atoms with Crippen LogP contribution in [-0.2, 0) is 4.74 Å². The fraction of sp³-hybridized carbons (Fsp3) is 1.00. The molecule has 0 radical (unpaired) electrons. The van der Waals surface area contributed by atoms with Crippen molar-refractivity contribution in [1.29, 1.82) is 0 Å². The molecule has 2 atom stereocenters. The van der Waals surface area contributed by atoms with Crippen LogP contribution < -0.4 is 5.32 Å². The van der Waals surface area contributed by atoms with Gasteiger partial charge in [-0.15, -0.1) is 0 Å². The van der Waals surface area contributed by atoms with Crippen molar-refractivity contribution in [3.63, 3.8) is 0 Å². The molecule has 2 heteroatoms. The SMILES string of the molecule is CNCC1(OC)CCC1C. The van der Waals surface area contributed by atoms with Crippen molar-refractivity contribution in [2.75, 3.05) is 20.7 Å². The van der Waals surface area contributed by atoms with E-state index in [0.717, 1.165) is 12.5 Å². The maximum absolute atomic E-state index is 5.46. The molecular formula is C8H17NO. The Morgan fingerprint density at radius 1 is 1.70 bits per heavy atom. The Kier molecular flexibility index (Phi) is 2.32. The zero-order chi connectivity index (χ0) is 7.61. The molecule has 1 aliphatic carbocycles. The van der Waals surface area contributed by atoms with E-state index in [1.54, 1.807) is 0 Å². The number of hydrogen-bond donors (Lipinski definition) is 1. The van der Waals surface area contributed by atoms with Crippen molar-refractivity contribution >= 4 is 0 Å². The topological polar surface area (TPSA) is 21.3 Å². The van der Waals surface area contributed by atoms with Crippen LogP contribution in [0.25, 0.3) is 0 Å². The molecule has 1 N–H and O–H groups in total. The van der Waals surface area contributed by atoms with Gasteiger partial charge in [-0.3, -0.25) is 0 Å². The lowest BCUT2D eigenvalue weighted by Crippen LogP contribution is -2.53. The van der Waals surface area contributed by atoms with Gasteiger partial charge in [0.05, 0.1) is 5.60 Å². The molecule has 2 unspecified atom stereocenters.